The number of aromatic nitrogens is 2. The zero-order valence-electron chi connectivity index (χ0n) is 33.7. The first-order valence-electron chi connectivity index (χ1n) is 20.4. The summed E-state index contributed by atoms with van der Waals surface area (Å²) in [4.78, 5) is 63.0. The van der Waals surface area contributed by atoms with Crippen molar-refractivity contribution in [1.29, 1.82) is 0 Å². The molecular formula is C48H42ClN5O6S. The van der Waals surface area contributed by atoms with Crippen molar-refractivity contribution in [3.63, 3.8) is 0 Å². The SMILES string of the molecule is Cc1c(-c2cc(N3C(=O)C4CC5C(=CCC6C(=O)N(c7ccc(Nc8ccccc8)cc7)C(=O)C65)C(c5ccccc5OCCO)C4(C)C3=O)n(C)n2)sc2ccc(Cl)cc12. The van der Waals surface area contributed by atoms with Gasteiger partial charge in [-0.15, -0.1) is 11.3 Å². The molecule has 10 rings (SSSR count). The van der Waals surface area contributed by atoms with Gasteiger partial charge in [0.2, 0.25) is 23.6 Å². The van der Waals surface area contributed by atoms with Crippen molar-refractivity contribution in [2.24, 2.45) is 36.1 Å². The van der Waals surface area contributed by atoms with Gasteiger partial charge in [-0.05, 0) is 104 Å². The Kier molecular flexibility index (Phi) is 9.50. The van der Waals surface area contributed by atoms with Gasteiger partial charge < -0.3 is 15.2 Å². The maximum absolute atomic E-state index is 15.3. The van der Waals surface area contributed by atoms with Crippen molar-refractivity contribution in [3.05, 3.63) is 131 Å². The Bertz CT molecular complexity index is 2820. The lowest BCUT2D eigenvalue weighted by Gasteiger charge is -2.49. The number of para-hydroxylation sites is 2. The highest BCUT2D eigenvalue weighted by Gasteiger charge is 2.68. The van der Waals surface area contributed by atoms with E-state index in [0.717, 1.165) is 37.5 Å². The largest absolute Gasteiger partial charge is 0.491 e. The van der Waals surface area contributed by atoms with E-state index in [1.54, 1.807) is 47.3 Å². The molecule has 6 aromatic rings. The number of thiophene rings is 1. The number of imide groups is 2. The van der Waals surface area contributed by atoms with Crippen LogP contribution in [-0.2, 0) is 26.2 Å². The minimum absolute atomic E-state index is 0.0266. The minimum Gasteiger partial charge on any atom is -0.491 e. The summed E-state index contributed by atoms with van der Waals surface area (Å²) < 4.78 is 8.73. The Balaban J connectivity index is 1.04. The number of aliphatic hydroxyl groups is 1. The van der Waals surface area contributed by atoms with Crippen LogP contribution in [0.15, 0.2) is 115 Å². The lowest BCUT2D eigenvalue weighted by atomic mass is 9.51. The smallest absolute Gasteiger partial charge is 0.242 e. The molecule has 1 saturated carbocycles. The number of ether oxygens (including phenoxy) is 1. The molecule has 0 radical (unpaired) electrons. The van der Waals surface area contributed by atoms with Gasteiger partial charge in [0.05, 0.1) is 40.3 Å². The number of amides is 4. The summed E-state index contributed by atoms with van der Waals surface area (Å²) in [6.07, 6.45) is 2.54. The predicted octanol–water partition coefficient (Wildman–Crippen LogP) is 8.81. The molecule has 13 heteroatoms. The molecule has 2 N–H and O–H groups in total. The number of nitrogens with zero attached hydrogens (tertiary/aromatic N) is 4. The zero-order chi connectivity index (χ0) is 42.3. The lowest BCUT2D eigenvalue weighted by Crippen LogP contribution is -2.49. The summed E-state index contributed by atoms with van der Waals surface area (Å²) in [6.45, 7) is 3.67. The maximum Gasteiger partial charge on any atom is 0.242 e. The average Bonchev–Trinajstić information content (AvgIpc) is 3.94. The van der Waals surface area contributed by atoms with Crippen LogP contribution in [0.3, 0.4) is 0 Å². The number of hydrogen-bond acceptors (Lipinski definition) is 9. The van der Waals surface area contributed by atoms with Crippen LogP contribution in [-0.4, -0.2) is 51.7 Å². The van der Waals surface area contributed by atoms with E-state index in [-0.39, 0.29) is 43.3 Å². The quantitative estimate of drug-likeness (QED) is 0.109. The molecule has 2 aromatic heterocycles. The van der Waals surface area contributed by atoms with E-state index in [9.17, 15) is 14.7 Å². The van der Waals surface area contributed by atoms with Gasteiger partial charge >= 0.3 is 0 Å². The highest BCUT2D eigenvalue weighted by molar-refractivity contribution is 7.22. The molecular weight excluding hydrogens is 810 g/mol. The van der Waals surface area contributed by atoms with E-state index in [1.165, 1.54) is 9.80 Å². The first-order valence-corrected chi connectivity index (χ1v) is 21.6. The van der Waals surface area contributed by atoms with E-state index in [1.807, 2.05) is 98.8 Å². The van der Waals surface area contributed by atoms with Crippen LogP contribution in [0.5, 0.6) is 5.75 Å². The highest BCUT2D eigenvalue weighted by atomic mass is 35.5. The van der Waals surface area contributed by atoms with E-state index in [4.69, 9.17) is 21.4 Å². The van der Waals surface area contributed by atoms with Gasteiger partial charge in [-0.3, -0.25) is 28.8 Å². The Morgan fingerprint density at radius 3 is 2.39 bits per heavy atom. The first-order chi connectivity index (χ1) is 29.5. The topological polar surface area (TPSA) is 134 Å². The number of benzene rings is 4. The van der Waals surface area contributed by atoms with Crippen molar-refractivity contribution < 1.29 is 29.0 Å². The Hall–Kier alpha value is -6.08. The summed E-state index contributed by atoms with van der Waals surface area (Å²) in [5.74, 6) is -3.93. The molecule has 6 atom stereocenters. The van der Waals surface area contributed by atoms with Crippen molar-refractivity contribution in [2.45, 2.75) is 32.6 Å². The fraction of sp³-hybridized carbons (Fsp3) is 0.271. The van der Waals surface area contributed by atoms with Crippen LogP contribution in [0.4, 0.5) is 22.9 Å². The van der Waals surface area contributed by atoms with Crippen LogP contribution in [0, 0.1) is 36.0 Å². The third-order valence-electron chi connectivity index (χ3n) is 13.3. The standard InChI is InChI=1S/C48H42ClN5O6S/c1-26-34-23-27(49)13-20-39(34)61-43(26)37-25-40(52(3)51-37)54-45(57)36-24-35-31(42(48(36,2)47(54)59)32-11-7-8-12-38(32)60-22-21-55)18-19-33-41(35)46(58)53(44(33)56)30-16-14-29(15-17-30)50-28-9-5-4-6-10-28/h4-18,20,23,25,33,35-36,41-42,50,55H,19,21-22,24H2,1-3H3. The molecule has 2 saturated heterocycles. The molecule has 4 heterocycles. The summed E-state index contributed by atoms with van der Waals surface area (Å²) in [5.41, 5.74) is 4.06. The molecule has 0 bridgehead atoms. The number of halogens is 1. The number of nitrogens with one attached hydrogen (secondary N) is 1. The predicted molar refractivity (Wildman–Crippen MR) is 236 cm³/mol. The van der Waals surface area contributed by atoms with Gasteiger partial charge in [-0.2, -0.15) is 5.10 Å². The highest BCUT2D eigenvalue weighted by Crippen LogP contribution is 2.64. The average molecular weight is 852 g/mol. The van der Waals surface area contributed by atoms with E-state index in [0.29, 0.717) is 40.0 Å². The molecule has 2 aliphatic carbocycles. The molecule has 3 fully saturated rings. The van der Waals surface area contributed by atoms with Crippen LogP contribution in [0.2, 0.25) is 5.02 Å². The molecule has 0 spiro atoms. The summed E-state index contributed by atoms with van der Waals surface area (Å²) in [6, 6.07) is 31.9. The number of hydrogen-bond donors (Lipinski definition) is 2. The van der Waals surface area contributed by atoms with Crippen molar-refractivity contribution >= 4 is 79.5 Å². The fourth-order valence-corrected chi connectivity index (χ4v) is 11.8. The monoisotopic (exact) mass is 851 g/mol. The van der Waals surface area contributed by atoms with E-state index >= 15 is 9.59 Å². The van der Waals surface area contributed by atoms with Crippen LogP contribution >= 0.6 is 22.9 Å². The number of carbonyl (C=O) groups excluding carboxylic acids is 4. The number of aryl methyl sites for hydroxylation is 2. The van der Waals surface area contributed by atoms with Gasteiger partial charge in [-0.1, -0.05) is 59.6 Å². The third-order valence-corrected chi connectivity index (χ3v) is 14.8. The number of rotatable bonds is 9. The summed E-state index contributed by atoms with van der Waals surface area (Å²) >= 11 is 7.92. The van der Waals surface area contributed by atoms with Gasteiger partial charge in [0.1, 0.15) is 23.9 Å². The van der Waals surface area contributed by atoms with Gasteiger partial charge in [0.25, 0.3) is 0 Å². The number of carbonyl (C=O) groups is 4. The Morgan fingerprint density at radius 2 is 1.62 bits per heavy atom. The van der Waals surface area contributed by atoms with Crippen molar-refractivity contribution in [2.75, 3.05) is 28.3 Å². The molecule has 4 aliphatic rings. The molecule has 4 amide bonds. The van der Waals surface area contributed by atoms with Crippen LogP contribution < -0.4 is 19.9 Å². The number of anilines is 4. The minimum atomic E-state index is -1.30. The second-order valence-corrected chi connectivity index (χ2v) is 18.0. The maximum atomic E-state index is 15.3. The van der Waals surface area contributed by atoms with Crippen LogP contribution in [0.1, 0.15) is 36.8 Å². The van der Waals surface area contributed by atoms with Gasteiger partial charge in [0.15, 0.2) is 0 Å². The number of fused-ring (bicyclic) bond motifs is 5. The molecule has 6 unspecified atom stereocenters. The van der Waals surface area contributed by atoms with Crippen molar-refractivity contribution in [1.82, 2.24) is 9.78 Å². The second-order valence-electron chi connectivity index (χ2n) is 16.5. The molecule has 308 valence electrons. The Morgan fingerprint density at radius 1 is 0.885 bits per heavy atom. The van der Waals surface area contributed by atoms with E-state index < -0.39 is 35.0 Å². The lowest BCUT2D eigenvalue weighted by molar-refractivity contribution is -0.131. The summed E-state index contributed by atoms with van der Waals surface area (Å²) in [5, 5.41) is 19.6. The van der Waals surface area contributed by atoms with Gasteiger partial charge in [-0.25, -0.2) is 4.90 Å². The van der Waals surface area contributed by atoms with Gasteiger partial charge in [0, 0.05) is 45.7 Å². The Labute approximate surface area is 361 Å². The first kappa shape index (κ1) is 39.1. The number of allylic oxidation sites excluding steroid dienone is 2. The fourth-order valence-electron chi connectivity index (χ4n) is 10.4. The molecule has 61 heavy (non-hydrogen) atoms. The zero-order valence-corrected chi connectivity index (χ0v) is 35.2. The normalized spacial score (nSPS) is 24.5. The number of aliphatic hydroxyl groups excluding tert-OH is 1. The third kappa shape index (κ3) is 6.06. The van der Waals surface area contributed by atoms with E-state index in [2.05, 4.69) is 5.32 Å². The molecule has 11 nitrogen and oxygen atoms in total. The molecule has 2 aliphatic heterocycles. The summed E-state index contributed by atoms with van der Waals surface area (Å²) in [7, 11) is 1.73. The molecule has 4 aromatic carbocycles. The van der Waals surface area contributed by atoms with Crippen molar-refractivity contribution in [3.8, 4) is 16.3 Å². The second kappa shape index (κ2) is 14.8. The van der Waals surface area contributed by atoms with Crippen LogP contribution in [0.25, 0.3) is 20.7 Å².